The number of piperidine rings is 1. The number of benzene rings is 1. The number of hydrogen-bond acceptors (Lipinski definition) is 2. The molecule has 110 valence electrons. The van der Waals surface area contributed by atoms with Crippen LogP contribution in [0.5, 0.6) is 0 Å². The van der Waals surface area contributed by atoms with Crippen molar-refractivity contribution in [2.45, 2.75) is 51.5 Å². The molecular weight excluding hydrogens is 244 g/mol. The second kappa shape index (κ2) is 5.50. The third-order valence-electron chi connectivity index (χ3n) is 5.19. The quantitative estimate of drug-likeness (QED) is 0.906. The third kappa shape index (κ3) is 3.07. The Balaban J connectivity index is 1.69. The first-order valence-electron chi connectivity index (χ1n) is 8.13. The summed E-state index contributed by atoms with van der Waals surface area (Å²) >= 11 is 0. The van der Waals surface area contributed by atoms with Gasteiger partial charge >= 0.3 is 0 Å². The highest BCUT2D eigenvalue weighted by Crippen LogP contribution is 2.40. The first-order valence-corrected chi connectivity index (χ1v) is 8.13. The maximum atomic E-state index is 6.07. The van der Waals surface area contributed by atoms with Crippen molar-refractivity contribution >= 4 is 0 Å². The fourth-order valence-electron chi connectivity index (χ4n) is 3.34. The number of hydrogen-bond donors (Lipinski definition) is 1. The first kappa shape index (κ1) is 14.1. The van der Waals surface area contributed by atoms with Gasteiger partial charge in [0.25, 0.3) is 0 Å². The van der Waals surface area contributed by atoms with Crippen LogP contribution in [0.2, 0.25) is 0 Å². The molecule has 2 heteroatoms. The summed E-state index contributed by atoms with van der Waals surface area (Å²) in [4.78, 5) is 2.58. The highest BCUT2D eigenvalue weighted by molar-refractivity contribution is 5.30. The number of rotatable bonds is 4. The van der Waals surface area contributed by atoms with Gasteiger partial charge in [-0.05, 0) is 61.2 Å². The molecule has 1 saturated carbocycles. The van der Waals surface area contributed by atoms with E-state index in [1.807, 2.05) is 0 Å². The summed E-state index contributed by atoms with van der Waals surface area (Å²) in [7, 11) is 0. The molecule has 3 rings (SSSR count). The Morgan fingerprint density at radius 3 is 2.25 bits per heavy atom. The molecule has 1 aromatic carbocycles. The normalized spacial score (nSPS) is 24.6. The van der Waals surface area contributed by atoms with Crippen LogP contribution in [0, 0.1) is 5.41 Å². The minimum absolute atomic E-state index is 0.402. The smallest absolute Gasteiger partial charge is 0.0470 e. The fourth-order valence-corrected chi connectivity index (χ4v) is 3.34. The zero-order valence-corrected chi connectivity index (χ0v) is 12.9. The summed E-state index contributed by atoms with van der Waals surface area (Å²) < 4.78 is 0. The van der Waals surface area contributed by atoms with Crippen LogP contribution >= 0.6 is 0 Å². The van der Waals surface area contributed by atoms with Crippen molar-refractivity contribution in [3.05, 3.63) is 35.4 Å². The van der Waals surface area contributed by atoms with E-state index in [-0.39, 0.29) is 0 Å². The second-order valence-corrected chi connectivity index (χ2v) is 7.39. The van der Waals surface area contributed by atoms with E-state index in [1.54, 1.807) is 0 Å². The van der Waals surface area contributed by atoms with Gasteiger partial charge in [-0.2, -0.15) is 0 Å². The lowest BCUT2D eigenvalue weighted by Gasteiger charge is -2.41. The zero-order valence-electron chi connectivity index (χ0n) is 12.9. The number of nitrogens with zero attached hydrogens (tertiary/aromatic N) is 1. The van der Waals surface area contributed by atoms with E-state index in [9.17, 15) is 0 Å². The van der Waals surface area contributed by atoms with E-state index in [1.165, 1.54) is 49.9 Å². The van der Waals surface area contributed by atoms with Gasteiger partial charge in [0.15, 0.2) is 0 Å². The predicted molar refractivity (Wildman–Crippen MR) is 84.8 cm³/mol. The summed E-state index contributed by atoms with van der Waals surface area (Å²) in [6.07, 6.45) is 5.31. The van der Waals surface area contributed by atoms with E-state index in [0.717, 1.165) is 12.5 Å². The average molecular weight is 272 g/mol. The van der Waals surface area contributed by atoms with Gasteiger partial charge in [0.2, 0.25) is 0 Å². The van der Waals surface area contributed by atoms with Crippen molar-refractivity contribution < 1.29 is 0 Å². The van der Waals surface area contributed by atoms with Gasteiger partial charge in [-0.1, -0.05) is 38.1 Å². The molecule has 2 N–H and O–H groups in total. The van der Waals surface area contributed by atoms with Crippen LogP contribution in [0.25, 0.3) is 0 Å². The molecule has 1 heterocycles. The topological polar surface area (TPSA) is 29.3 Å². The first-order chi connectivity index (χ1) is 9.59. The van der Waals surface area contributed by atoms with Crippen molar-refractivity contribution in [3.63, 3.8) is 0 Å². The van der Waals surface area contributed by atoms with Gasteiger partial charge in [0.1, 0.15) is 0 Å². The van der Waals surface area contributed by atoms with Gasteiger partial charge in [-0.25, -0.2) is 0 Å². The molecule has 1 aromatic rings. The summed E-state index contributed by atoms with van der Waals surface area (Å²) in [5.74, 6) is 0.844. The molecule has 2 fully saturated rings. The van der Waals surface area contributed by atoms with Crippen LogP contribution in [0.4, 0.5) is 0 Å². The van der Waals surface area contributed by atoms with Crippen LogP contribution in [0.1, 0.15) is 62.6 Å². The molecule has 1 unspecified atom stereocenters. The van der Waals surface area contributed by atoms with Crippen molar-refractivity contribution in [3.8, 4) is 0 Å². The van der Waals surface area contributed by atoms with Gasteiger partial charge in [-0.15, -0.1) is 0 Å². The third-order valence-corrected chi connectivity index (χ3v) is 5.19. The van der Waals surface area contributed by atoms with Gasteiger partial charge in [0.05, 0.1) is 0 Å². The molecule has 2 nitrogen and oxygen atoms in total. The Morgan fingerprint density at radius 2 is 1.75 bits per heavy atom. The van der Waals surface area contributed by atoms with E-state index in [2.05, 4.69) is 43.0 Å². The van der Waals surface area contributed by atoms with Crippen LogP contribution in [0.3, 0.4) is 0 Å². The lowest BCUT2D eigenvalue weighted by Crippen LogP contribution is -2.42. The molecule has 1 aliphatic heterocycles. The lowest BCUT2D eigenvalue weighted by molar-refractivity contribution is 0.0964. The highest BCUT2D eigenvalue weighted by atomic mass is 15.2. The molecule has 2 aliphatic rings. The molecular formula is C18H28N2. The molecule has 20 heavy (non-hydrogen) atoms. The maximum Gasteiger partial charge on any atom is 0.0470 e. The summed E-state index contributed by atoms with van der Waals surface area (Å²) in [5.41, 5.74) is 9.49. The van der Waals surface area contributed by atoms with Crippen molar-refractivity contribution in [1.29, 1.82) is 0 Å². The molecule has 1 atom stereocenters. The van der Waals surface area contributed by atoms with Crippen LogP contribution in [-0.2, 0) is 0 Å². The van der Waals surface area contributed by atoms with Crippen LogP contribution in [0.15, 0.2) is 24.3 Å². The van der Waals surface area contributed by atoms with Gasteiger partial charge in [0, 0.05) is 12.6 Å². The van der Waals surface area contributed by atoms with Gasteiger partial charge in [-0.3, -0.25) is 4.90 Å². The summed E-state index contributed by atoms with van der Waals surface area (Å²) in [6.45, 7) is 7.85. The Kier molecular flexibility index (Phi) is 3.87. The van der Waals surface area contributed by atoms with Crippen molar-refractivity contribution in [2.24, 2.45) is 11.1 Å². The maximum absolute atomic E-state index is 6.07. The molecule has 1 saturated heterocycles. The largest absolute Gasteiger partial charge is 0.329 e. The van der Waals surface area contributed by atoms with Crippen LogP contribution in [-0.4, -0.2) is 24.5 Å². The molecule has 0 aromatic heterocycles. The molecule has 0 bridgehead atoms. The Labute approximate surface area is 123 Å². The fraction of sp³-hybridized carbons (Fsp3) is 0.667. The zero-order chi connectivity index (χ0) is 14.2. The minimum Gasteiger partial charge on any atom is -0.329 e. The Morgan fingerprint density at radius 1 is 1.15 bits per heavy atom. The summed E-state index contributed by atoms with van der Waals surface area (Å²) in [5, 5.41) is 0. The number of nitrogens with two attached hydrogens (primary N) is 1. The Hall–Kier alpha value is -0.860. The second-order valence-electron chi connectivity index (χ2n) is 7.39. The molecule has 1 aliphatic carbocycles. The van der Waals surface area contributed by atoms with Gasteiger partial charge < -0.3 is 5.73 Å². The van der Waals surface area contributed by atoms with Crippen LogP contribution < -0.4 is 5.73 Å². The van der Waals surface area contributed by atoms with Crippen molar-refractivity contribution in [1.82, 2.24) is 4.90 Å². The molecule has 0 amide bonds. The minimum atomic E-state index is 0.402. The SMILES string of the molecule is CC1(C)CCN(C(CN)c2ccc(C3CC3)cc2)CC1. The van der Waals surface area contributed by atoms with E-state index >= 15 is 0 Å². The van der Waals surface area contributed by atoms with Crippen molar-refractivity contribution in [2.75, 3.05) is 19.6 Å². The van der Waals surface area contributed by atoms with E-state index in [0.29, 0.717) is 11.5 Å². The lowest BCUT2D eigenvalue weighted by atomic mass is 9.82. The van der Waals surface area contributed by atoms with E-state index in [4.69, 9.17) is 5.73 Å². The van der Waals surface area contributed by atoms with E-state index < -0.39 is 0 Å². The monoisotopic (exact) mass is 272 g/mol. The average Bonchev–Trinajstić information content (AvgIpc) is 3.27. The Bertz CT molecular complexity index is 435. The number of likely N-dealkylation sites (tertiary alicyclic amines) is 1. The standard InChI is InChI=1S/C18H28N2/c1-18(2)9-11-20(12-10-18)17(13-19)16-7-5-15(6-8-16)14-3-4-14/h5-8,14,17H,3-4,9-13,19H2,1-2H3. The summed E-state index contributed by atoms with van der Waals surface area (Å²) in [6, 6.07) is 9.67. The highest BCUT2D eigenvalue weighted by Gasteiger charge is 2.29. The molecule has 0 radical (unpaired) electrons. The predicted octanol–water partition coefficient (Wildman–Crippen LogP) is 3.69. The molecule has 0 spiro atoms.